The highest BCUT2D eigenvalue weighted by Crippen LogP contribution is 2.30. The molecule has 0 bridgehead atoms. The van der Waals surface area contributed by atoms with Gasteiger partial charge >= 0.3 is 0 Å². The molecular formula is C21H30N4O3. The molecule has 1 aromatic carbocycles. The molecule has 0 aliphatic heterocycles. The highest BCUT2D eigenvalue weighted by atomic mass is 16.5. The molecule has 0 fully saturated rings. The quantitative estimate of drug-likeness (QED) is 0.509. The lowest BCUT2D eigenvalue weighted by molar-refractivity contribution is 0.287. The van der Waals surface area contributed by atoms with Gasteiger partial charge in [0.25, 0.3) is 0 Å². The lowest BCUT2D eigenvalue weighted by atomic mass is 10.1. The van der Waals surface area contributed by atoms with E-state index in [2.05, 4.69) is 27.5 Å². The highest BCUT2D eigenvalue weighted by molar-refractivity contribution is 5.80. The maximum atomic E-state index is 5.72. The number of hydrogen-bond donors (Lipinski definition) is 2. The number of pyridine rings is 1. The summed E-state index contributed by atoms with van der Waals surface area (Å²) in [7, 11) is 3.36. The van der Waals surface area contributed by atoms with Crippen molar-refractivity contribution in [3.05, 3.63) is 47.7 Å². The number of hydrogen-bond acceptors (Lipinski definition) is 5. The van der Waals surface area contributed by atoms with Gasteiger partial charge in [0.1, 0.15) is 0 Å². The maximum absolute atomic E-state index is 5.72. The summed E-state index contributed by atoms with van der Waals surface area (Å²) in [6, 6.07) is 9.85. The molecule has 0 amide bonds. The number of nitrogens with zero attached hydrogens (tertiary/aromatic N) is 2. The van der Waals surface area contributed by atoms with Crippen LogP contribution in [0.15, 0.2) is 41.5 Å². The van der Waals surface area contributed by atoms with Gasteiger partial charge in [-0.3, -0.25) is 4.99 Å². The van der Waals surface area contributed by atoms with Gasteiger partial charge in [0, 0.05) is 25.9 Å². The molecule has 152 valence electrons. The molecule has 0 saturated carbocycles. The summed E-state index contributed by atoms with van der Waals surface area (Å²) in [6.45, 7) is 7.80. The van der Waals surface area contributed by atoms with E-state index in [0.717, 1.165) is 22.6 Å². The van der Waals surface area contributed by atoms with Crippen LogP contribution in [0, 0.1) is 0 Å². The Kier molecular flexibility index (Phi) is 8.39. The number of methoxy groups -OCH3 is 1. The second-order valence-electron chi connectivity index (χ2n) is 6.07. The first-order chi connectivity index (χ1) is 13.6. The molecule has 2 aromatic rings. The van der Waals surface area contributed by atoms with Gasteiger partial charge in [-0.25, -0.2) is 4.98 Å². The SMILES string of the molecule is CCOc1ccc(C(C)NC(=NC)NCc2ccnc(OC)c2)cc1OCC. The summed E-state index contributed by atoms with van der Waals surface area (Å²) < 4.78 is 16.5. The summed E-state index contributed by atoms with van der Waals surface area (Å²) in [5.41, 5.74) is 2.14. The van der Waals surface area contributed by atoms with E-state index >= 15 is 0 Å². The Bertz CT molecular complexity index is 780. The number of ether oxygens (including phenoxy) is 3. The van der Waals surface area contributed by atoms with Crippen LogP contribution in [0.5, 0.6) is 17.4 Å². The molecule has 1 heterocycles. The van der Waals surface area contributed by atoms with Crippen LogP contribution < -0.4 is 24.8 Å². The second kappa shape index (κ2) is 11.0. The number of aromatic nitrogens is 1. The number of guanidine groups is 1. The molecule has 7 nitrogen and oxygen atoms in total. The van der Waals surface area contributed by atoms with E-state index in [1.165, 1.54) is 0 Å². The molecule has 0 spiro atoms. The van der Waals surface area contributed by atoms with Crippen molar-refractivity contribution in [2.75, 3.05) is 27.4 Å². The minimum absolute atomic E-state index is 0.0352. The Balaban J connectivity index is 2.02. The van der Waals surface area contributed by atoms with Gasteiger partial charge < -0.3 is 24.8 Å². The van der Waals surface area contributed by atoms with Crippen LogP contribution in [0.2, 0.25) is 0 Å². The topological polar surface area (TPSA) is 77.0 Å². The smallest absolute Gasteiger partial charge is 0.213 e. The first-order valence-corrected chi connectivity index (χ1v) is 9.46. The van der Waals surface area contributed by atoms with Gasteiger partial charge in [-0.05, 0) is 50.1 Å². The predicted octanol–water partition coefficient (Wildman–Crippen LogP) is 3.31. The molecule has 28 heavy (non-hydrogen) atoms. The van der Waals surface area contributed by atoms with E-state index in [1.54, 1.807) is 20.4 Å². The first kappa shape index (κ1) is 21.3. The lowest BCUT2D eigenvalue weighted by Crippen LogP contribution is -2.38. The molecule has 0 aliphatic rings. The molecule has 2 rings (SSSR count). The van der Waals surface area contributed by atoms with Crippen LogP contribution >= 0.6 is 0 Å². The average Bonchev–Trinajstić information content (AvgIpc) is 2.72. The van der Waals surface area contributed by atoms with E-state index in [0.29, 0.717) is 31.6 Å². The normalized spacial score (nSPS) is 12.2. The third kappa shape index (κ3) is 6.04. The Labute approximate surface area is 167 Å². The summed E-state index contributed by atoms with van der Waals surface area (Å²) >= 11 is 0. The Hall–Kier alpha value is -2.96. The zero-order chi connectivity index (χ0) is 20.4. The van der Waals surface area contributed by atoms with Gasteiger partial charge in [-0.1, -0.05) is 6.07 Å². The van der Waals surface area contributed by atoms with E-state index in [9.17, 15) is 0 Å². The first-order valence-electron chi connectivity index (χ1n) is 9.46. The number of aliphatic imine (C=N–C) groups is 1. The fourth-order valence-electron chi connectivity index (χ4n) is 2.68. The van der Waals surface area contributed by atoms with Crippen molar-refractivity contribution >= 4 is 5.96 Å². The van der Waals surface area contributed by atoms with E-state index in [1.807, 2.05) is 44.2 Å². The zero-order valence-electron chi connectivity index (χ0n) is 17.3. The largest absolute Gasteiger partial charge is 0.490 e. The number of rotatable bonds is 9. The van der Waals surface area contributed by atoms with Gasteiger partial charge in [-0.15, -0.1) is 0 Å². The molecule has 1 unspecified atom stereocenters. The predicted molar refractivity (Wildman–Crippen MR) is 111 cm³/mol. The highest BCUT2D eigenvalue weighted by Gasteiger charge is 2.12. The van der Waals surface area contributed by atoms with Crippen molar-refractivity contribution in [3.8, 4) is 17.4 Å². The molecule has 2 N–H and O–H groups in total. The fraction of sp³-hybridized carbons (Fsp3) is 0.429. The standard InChI is InChI=1S/C21H30N4O3/c1-6-27-18-9-8-17(13-19(18)28-7-2)15(3)25-21(22-4)24-14-16-10-11-23-20(12-16)26-5/h8-13,15H,6-7,14H2,1-5H3,(H2,22,24,25). The minimum Gasteiger partial charge on any atom is -0.490 e. The summed E-state index contributed by atoms with van der Waals surface area (Å²) in [5.74, 6) is 2.81. The van der Waals surface area contributed by atoms with Gasteiger partial charge in [0.2, 0.25) is 5.88 Å². The van der Waals surface area contributed by atoms with Crippen molar-refractivity contribution in [2.45, 2.75) is 33.4 Å². The van der Waals surface area contributed by atoms with Crippen molar-refractivity contribution in [3.63, 3.8) is 0 Å². The maximum Gasteiger partial charge on any atom is 0.213 e. The summed E-state index contributed by atoms with van der Waals surface area (Å²) in [6.07, 6.45) is 1.73. The van der Waals surface area contributed by atoms with E-state index in [4.69, 9.17) is 14.2 Å². The van der Waals surface area contributed by atoms with Crippen LogP contribution in [-0.4, -0.2) is 38.3 Å². The Morgan fingerprint density at radius 3 is 2.54 bits per heavy atom. The molecule has 1 atom stereocenters. The van der Waals surface area contributed by atoms with Crippen molar-refractivity contribution < 1.29 is 14.2 Å². The average molecular weight is 386 g/mol. The monoisotopic (exact) mass is 386 g/mol. The Morgan fingerprint density at radius 1 is 1.11 bits per heavy atom. The molecule has 0 aliphatic carbocycles. The van der Waals surface area contributed by atoms with E-state index in [-0.39, 0.29) is 6.04 Å². The van der Waals surface area contributed by atoms with Crippen LogP contribution in [0.25, 0.3) is 0 Å². The summed E-state index contributed by atoms with van der Waals surface area (Å²) in [4.78, 5) is 8.43. The molecule has 7 heteroatoms. The van der Waals surface area contributed by atoms with Gasteiger partial charge in [-0.2, -0.15) is 0 Å². The lowest BCUT2D eigenvalue weighted by Gasteiger charge is -2.20. The van der Waals surface area contributed by atoms with Crippen molar-refractivity contribution in [1.29, 1.82) is 0 Å². The third-order valence-corrected chi connectivity index (χ3v) is 4.11. The van der Waals surface area contributed by atoms with Crippen LogP contribution in [0.1, 0.15) is 37.9 Å². The third-order valence-electron chi connectivity index (χ3n) is 4.11. The number of benzene rings is 1. The number of nitrogens with one attached hydrogen (secondary N) is 2. The second-order valence-corrected chi connectivity index (χ2v) is 6.07. The van der Waals surface area contributed by atoms with Gasteiger partial charge in [0.15, 0.2) is 17.5 Å². The van der Waals surface area contributed by atoms with E-state index < -0.39 is 0 Å². The van der Waals surface area contributed by atoms with Crippen LogP contribution in [0.4, 0.5) is 0 Å². The van der Waals surface area contributed by atoms with Gasteiger partial charge in [0.05, 0.1) is 26.4 Å². The molecule has 0 radical (unpaired) electrons. The minimum atomic E-state index is 0.0352. The van der Waals surface area contributed by atoms with Crippen molar-refractivity contribution in [2.24, 2.45) is 4.99 Å². The van der Waals surface area contributed by atoms with Crippen LogP contribution in [0.3, 0.4) is 0 Å². The van der Waals surface area contributed by atoms with Crippen LogP contribution in [-0.2, 0) is 6.54 Å². The molecular weight excluding hydrogens is 356 g/mol. The fourth-order valence-corrected chi connectivity index (χ4v) is 2.68. The Morgan fingerprint density at radius 2 is 1.86 bits per heavy atom. The molecule has 0 saturated heterocycles. The van der Waals surface area contributed by atoms with Crippen molar-refractivity contribution in [1.82, 2.24) is 15.6 Å². The zero-order valence-corrected chi connectivity index (χ0v) is 17.3. The molecule has 1 aromatic heterocycles. The summed E-state index contributed by atoms with van der Waals surface area (Å²) in [5, 5.41) is 6.71.